The normalized spacial score (nSPS) is 33.1. The van der Waals surface area contributed by atoms with Crippen molar-refractivity contribution in [3.63, 3.8) is 0 Å². The number of anilines is 1. The van der Waals surface area contributed by atoms with E-state index in [2.05, 4.69) is 10.6 Å². The molecule has 2 bridgehead atoms. The van der Waals surface area contributed by atoms with Gasteiger partial charge in [0.15, 0.2) is 0 Å². The lowest BCUT2D eigenvalue weighted by atomic mass is 9.81. The number of amides is 2. The van der Waals surface area contributed by atoms with E-state index < -0.39 is 0 Å². The SMILES string of the molecule is O=C(Nc1cccc(F)c1)NC1C[C@H]2CCC[C@@H](C1)[NH+]2C1CC1. The summed E-state index contributed by atoms with van der Waals surface area (Å²) >= 11 is 0. The minimum absolute atomic E-state index is 0.214. The molecule has 1 aliphatic carbocycles. The molecule has 1 aromatic carbocycles. The first-order chi connectivity index (χ1) is 11.2. The number of nitrogens with one attached hydrogen (secondary N) is 3. The molecule has 0 spiro atoms. The number of carbonyl (C=O) groups is 1. The summed E-state index contributed by atoms with van der Waals surface area (Å²) < 4.78 is 13.2. The van der Waals surface area contributed by atoms with Crippen molar-refractivity contribution >= 4 is 11.7 Å². The largest absolute Gasteiger partial charge is 0.335 e. The van der Waals surface area contributed by atoms with Crippen LogP contribution in [0, 0.1) is 5.82 Å². The van der Waals surface area contributed by atoms with Gasteiger partial charge in [-0.25, -0.2) is 9.18 Å². The second-order valence-electron chi connectivity index (χ2n) is 7.38. The summed E-state index contributed by atoms with van der Waals surface area (Å²) in [6.45, 7) is 0. The zero-order valence-corrected chi connectivity index (χ0v) is 13.4. The maximum atomic E-state index is 13.2. The van der Waals surface area contributed by atoms with Gasteiger partial charge in [0, 0.05) is 37.4 Å². The summed E-state index contributed by atoms with van der Waals surface area (Å²) in [4.78, 5) is 14.0. The molecule has 2 unspecified atom stereocenters. The highest BCUT2D eigenvalue weighted by Gasteiger charge is 2.48. The number of rotatable bonds is 3. The number of hydrogen-bond acceptors (Lipinski definition) is 1. The Morgan fingerprint density at radius 2 is 1.83 bits per heavy atom. The van der Waals surface area contributed by atoms with Gasteiger partial charge < -0.3 is 15.5 Å². The van der Waals surface area contributed by atoms with Crippen LogP contribution >= 0.6 is 0 Å². The zero-order chi connectivity index (χ0) is 15.8. The van der Waals surface area contributed by atoms with Gasteiger partial charge in [-0.3, -0.25) is 0 Å². The second-order valence-corrected chi connectivity index (χ2v) is 7.38. The Labute approximate surface area is 136 Å². The minimum atomic E-state index is -0.335. The van der Waals surface area contributed by atoms with Gasteiger partial charge in [-0.15, -0.1) is 0 Å². The third kappa shape index (κ3) is 3.34. The van der Waals surface area contributed by atoms with E-state index in [0.717, 1.165) is 31.0 Å². The van der Waals surface area contributed by atoms with Crippen molar-refractivity contribution in [2.45, 2.75) is 69.1 Å². The molecular formula is C18H25FN3O+. The number of benzene rings is 1. The summed E-state index contributed by atoms with van der Waals surface area (Å²) in [5.41, 5.74) is 0.503. The molecule has 2 amide bonds. The first-order valence-electron chi connectivity index (χ1n) is 8.89. The molecule has 3 N–H and O–H groups in total. The van der Waals surface area contributed by atoms with Crippen LogP contribution in [-0.4, -0.2) is 30.2 Å². The van der Waals surface area contributed by atoms with E-state index >= 15 is 0 Å². The van der Waals surface area contributed by atoms with Crippen LogP contribution in [0.4, 0.5) is 14.9 Å². The van der Waals surface area contributed by atoms with Gasteiger partial charge in [-0.2, -0.15) is 0 Å². The first-order valence-corrected chi connectivity index (χ1v) is 8.89. The van der Waals surface area contributed by atoms with Crippen molar-refractivity contribution in [1.29, 1.82) is 0 Å². The van der Waals surface area contributed by atoms with Crippen molar-refractivity contribution < 1.29 is 14.1 Å². The van der Waals surface area contributed by atoms with E-state index in [1.807, 2.05) is 4.90 Å². The molecule has 0 radical (unpaired) electrons. The van der Waals surface area contributed by atoms with Crippen LogP contribution in [0.2, 0.25) is 0 Å². The zero-order valence-electron chi connectivity index (χ0n) is 13.4. The van der Waals surface area contributed by atoms with Crippen molar-refractivity contribution in [3.05, 3.63) is 30.1 Å². The molecule has 2 saturated heterocycles. The van der Waals surface area contributed by atoms with Gasteiger partial charge in [0.05, 0.1) is 18.1 Å². The Hall–Kier alpha value is -1.62. The highest BCUT2D eigenvalue weighted by Crippen LogP contribution is 2.27. The summed E-state index contributed by atoms with van der Waals surface area (Å²) in [5, 5.41) is 5.85. The molecule has 4 atom stereocenters. The number of halogens is 1. The van der Waals surface area contributed by atoms with Crippen molar-refractivity contribution in [3.8, 4) is 0 Å². The molecule has 2 aliphatic heterocycles. The Kier molecular flexibility index (Phi) is 3.97. The molecular weight excluding hydrogens is 293 g/mol. The Bertz CT molecular complexity index is 575. The Balaban J connectivity index is 1.35. The van der Waals surface area contributed by atoms with E-state index in [4.69, 9.17) is 0 Å². The molecule has 3 aliphatic rings. The number of fused-ring (bicyclic) bond motifs is 2. The molecule has 5 heteroatoms. The minimum Gasteiger partial charge on any atom is -0.335 e. The van der Waals surface area contributed by atoms with Gasteiger partial charge in [0.25, 0.3) is 0 Å². The summed E-state index contributed by atoms with van der Waals surface area (Å²) in [6, 6.07) is 8.39. The number of quaternary nitrogens is 1. The number of piperidine rings is 2. The van der Waals surface area contributed by atoms with Crippen molar-refractivity contribution in [1.82, 2.24) is 5.32 Å². The van der Waals surface area contributed by atoms with Crippen LogP contribution < -0.4 is 15.5 Å². The maximum absolute atomic E-state index is 13.2. The van der Waals surface area contributed by atoms with Gasteiger partial charge >= 0.3 is 6.03 Å². The standard InChI is InChI=1S/C18H24FN3O/c19-12-3-1-4-13(9-12)20-18(23)21-14-10-16-5-2-6-17(11-14)22(16)15-7-8-15/h1,3-4,9,14-17H,2,5-8,10-11H2,(H2,20,21,23)/p+1/t14?,16-,17+. The van der Waals surface area contributed by atoms with Gasteiger partial charge in [-0.05, 0) is 37.5 Å². The Morgan fingerprint density at radius 1 is 1.09 bits per heavy atom. The maximum Gasteiger partial charge on any atom is 0.319 e. The van der Waals surface area contributed by atoms with E-state index in [0.29, 0.717) is 5.69 Å². The molecule has 124 valence electrons. The lowest BCUT2D eigenvalue weighted by Gasteiger charge is -2.46. The molecule has 3 fully saturated rings. The molecule has 2 heterocycles. The van der Waals surface area contributed by atoms with Gasteiger partial charge in [0.1, 0.15) is 5.82 Å². The molecule has 1 saturated carbocycles. The second kappa shape index (κ2) is 6.11. The van der Waals surface area contributed by atoms with E-state index in [9.17, 15) is 9.18 Å². The number of urea groups is 1. The molecule has 1 aromatic rings. The van der Waals surface area contributed by atoms with Crippen molar-refractivity contribution in [2.24, 2.45) is 0 Å². The van der Waals surface area contributed by atoms with Gasteiger partial charge in [-0.1, -0.05) is 6.07 Å². The van der Waals surface area contributed by atoms with Crippen LogP contribution in [0.15, 0.2) is 24.3 Å². The fourth-order valence-corrected chi connectivity index (χ4v) is 4.69. The molecule has 4 nitrogen and oxygen atoms in total. The monoisotopic (exact) mass is 318 g/mol. The average molecular weight is 318 g/mol. The third-order valence-corrected chi connectivity index (χ3v) is 5.65. The van der Waals surface area contributed by atoms with Gasteiger partial charge in [0.2, 0.25) is 0 Å². The van der Waals surface area contributed by atoms with E-state index in [1.165, 1.54) is 44.2 Å². The lowest BCUT2D eigenvalue weighted by molar-refractivity contribution is -0.971. The smallest absolute Gasteiger partial charge is 0.319 e. The van der Waals surface area contributed by atoms with Crippen LogP contribution in [0.1, 0.15) is 44.9 Å². The summed E-state index contributed by atoms with van der Waals surface area (Å²) in [5.74, 6) is -0.335. The predicted octanol–water partition coefficient (Wildman–Crippen LogP) is 2.08. The van der Waals surface area contributed by atoms with E-state index in [1.54, 1.807) is 12.1 Å². The predicted molar refractivity (Wildman–Crippen MR) is 87.0 cm³/mol. The topological polar surface area (TPSA) is 45.6 Å². The third-order valence-electron chi connectivity index (χ3n) is 5.65. The van der Waals surface area contributed by atoms with Crippen molar-refractivity contribution in [2.75, 3.05) is 5.32 Å². The average Bonchev–Trinajstić information content (AvgIpc) is 3.30. The fraction of sp³-hybridized carbons (Fsp3) is 0.611. The van der Waals surface area contributed by atoms with Crippen LogP contribution in [-0.2, 0) is 0 Å². The molecule has 0 aromatic heterocycles. The number of hydrogen-bond donors (Lipinski definition) is 3. The highest BCUT2D eigenvalue weighted by molar-refractivity contribution is 5.89. The fourth-order valence-electron chi connectivity index (χ4n) is 4.69. The van der Waals surface area contributed by atoms with Crippen LogP contribution in [0.5, 0.6) is 0 Å². The lowest BCUT2D eigenvalue weighted by Crippen LogP contribution is -3.22. The summed E-state index contributed by atoms with van der Waals surface area (Å²) in [6.07, 6.45) is 8.88. The molecule has 4 rings (SSSR count). The highest BCUT2D eigenvalue weighted by atomic mass is 19.1. The number of carbonyl (C=O) groups excluding carboxylic acids is 1. The van der Waals surface area contributed by atoms with E-state index in [-0.39, 0.29) is 17.9 Å². The first kappa shape index (κ1) is 14.9. The molecule has 23 heavy (non-hydrogen) atoms. The van der Waals surface area contributed by atoms with Crippen LogP contribution in [0.25, 0.3) is 0 Å². The quantitative estimate of drug-likeness (QED) is 0.785. The Morgan fingerprint density at radius 3 is 2.48 bits per heavy atom. The summed E-state index contributed by atoms with van der Waals surface area (Å²) in [7, 11) is 0. The van der Waals surface area contributed by atoms with Crippen LogP contribution in [0.3, 0.4) is 0 Å².